The smallest absolute Gasteiger partial charge is 0.255 e. The molecule has 0 fully saturated rings. The van der Waals surface area contributed by atoms with Gasteiger partial charge in [0.2, 0.25) is 0 Å². The molecule has 0 aliphatic rings. The van der Waals surface area contributed by atoms with E-state index in [1.54, 1.807) is 7.11 Å². The molecule has 0 saturated heterocycles. The predicted molar refractivity (Wildman–Crippen MR) is 126 cm³/mol. The Kier molecular flexibility index (Phi) is 6.94. The van der Waals surface area contributed by atoms with Gasteiger partial charge < -0.3 is 19.8 Å². The maximum Gasteiger partial charge on any atom is 0.255 e. The molecule has 4 aromatic rings. The van der Waals surface area contributed by atoms with E-state index in [0.29, 0.717) is 31.2 Å². The van der Waals surface area contributed by atoms with Crippen molar-refractivity contribution in [3.63, 3.8) is 0 Å². The van der Waals surface area contributed by atoms with Gasteiger partial charge in [-0.3, -0.25) is 4.79 Å². The molecule has 0 bridgehead atoms. The number of H-pyrrole nitrogens is 1. The number of hydrogen-bond donors (Lipinski definition) is 2. The molecule has 6 heteroatoms. The molecule has 4 rings (SSSR count). The van der Waals surface area contributed by atoms with Gasteiger partial charge in [0.05, 0.1) is 23.2 Å². The molecule has 2 N–H and O–H groups in total. The summed E-state index contributed by atoms with van der Waals surface area (Å²) in [4.78, 5) is 20.7. The second-order valence-electron chi connectivity index (χ2n) is 7.25. The highest BCUT2D eigenvalue weighted by atomic mass is 16.5. The first-order valence-electron chi connectivity index (χ1n) is 10.4. The molecule has 3 aromatic carbocycles. The average Bonchev–Trinajstić information content (AvgIpc) is 3.26. The molecule has 0 atom stereocenters. The number of imidazole rings is 1. The summed E-state index contributed by atoms with van der Waals surface area (Å²) in [6.07, 6.45) is 1.82. The van der Waals surface area contributed by atoms with Gasteiger partial charge in [-0.05, 0) is 41.5 Å². The highest BCUT2D eigenvalue weighted by molar-refractivity contribution is 6.23. The highest BCUT2D eigenvalue weighted by Gasteiger charge is 2.16. The van der Waals surface area contributed by atoms with Crippen LogP contribution in [0.15, 0.2) is 78.9 Å². The Bertz CT molecular complexity index is 1160. The van der Waals surface area contributed by atoms with Crippen LogP contribution in [0.1, 0.15) is 17.0 Å². The normalized spacial score (nSPS) is 11.5. The minimum absolute atomic E-state index is 0.217. The fourth-order valence-electron chi connectivity index (χ4n) is 3.25. The molecule has 1 amide bonds. The van der Waals surface area contributed by atoms with Crippen molar-refractivity contribution in [2.75, 3.05) is 20.3 Å². The number of fused-ring (bicyclic) bond motifs is 1. The molecule has 1 aromatic heterocycles. The van der Waals surface area contributed by atoms with Crippen molar-refractivity contribution in [3.8, 4) is 5.75 Å². The van der Waals surface area contributed by atoms with Crippen LogP contribution < -0.4 is 10.1 Å². The summed E-state index contributed by atoms with van der Waals surface area (Å²) in [6, 6.07) is 25.4. The number of aromatic nitrogens is 2. The predicted octanol–water partition coefficient (Wildman–Crippen LogP) is 4.45. The minimum atomic E-state index is -0.217. The zero-order valence-corrected chi connectivity index (χ0v) is 17.9. The molecule has 0 aliphatic carbocycles. The summed E-state index contributed by atoms with van der Waals surface area (Å²) < 4.78 is 10.9. The topological polar surface area (TPSA) is 76.2 Å². The number of ether oxygens (including phenoxy) is 2. The van der Waals surface area contributed by atoms with E-state index in [1.165, 1.54) is 0 Å². The first kappa shape index (κ1) is 21.3. The van der Waals surface area contributed by atoms with Crippen LogP contribution in [-0.2, 0) is 16.1 Å². The van der Waals surface area contributed by atoms with Crippen molar-refractivity contribution in [3.05, 3.63) is 95.8 Å². The van der Waals surface area contributed by atoms with Gasteiger partial charge in [-0.1, -0.05) is 54.6 Å². The molecule has 0 aliphatic heterocycles. The highest BCUT2D eigenvalue weighted by Crippen LogP contribution is 2.22. The lowest BCUT2D eigenvalue weighted by molar-refractivity contribution is -0.115. The van der Waals surface area contributed by atoms with E-state index in [0.717, 1.165) is 27.9 Å². The standard InChI is InChI=1S/C26H25N3O3/c1-31-16-15-27-26(30)22(25-28-23-9-5-6-10-24(23)29-25)17-19-11-13-21(14-12-19)32-18-20-7-3-2-4-8-20/h2-14,17H,15-16,18H2,1H3,(H,27,30)(H,28,29). The number of rotatable bonds is 9. The number of amides is 1. The molecule has 0 radical (unpaired) electrons. The lowest BCUT2D eigenvalue weighted by Gasteiger charge is -2.08. The number of benzene rings is 3. The SMILES string of the molecule is COCCNC(=O)C(=Cc1ccc(OCc2ccccc2)cc1)c1nc2ccccc2[nH]1. The number of hydrogen-bond acceptors (Lipinski definition) is 4. The average molecular weight is 428 g/mol. The number of carbonyl (C=O) groups is 1. The monoisotopic (exact) mass is 427 g/mol. The van der Waals surface area contributed by atoms with Crippen molar-refractivity contribution in [2.24, 2.45) is 0 Å². The van der Waals surface area contributed by atoms with E-state index in [2.05, 4.69) is 15.3 Å². The summed E-state index contributed by atoms with van der Waals surface area (Å²) in [5, 5.41) is 2.88. The van der Waals surface area contributed by atoms with Gasteiger partial charge in [0.15, 0.2) is 0 Å². The molecule has 6 nitrogen and oxygen atoms in total. The van der Waals surface area contributed by atoms with Crippen LogP contribution >= 0.6 is 0 Å². The van der Waals surface area contributed by atoms with Crippen LogP contribution in [0, 0.1) is 0 Å². The number of methoxy groups -OCH3 is 1. The Morgan fingerprint density at radius 3 is 2.50 bits per heavy atom. The number of aromatic amines is 1. The van der Waals surface area contributed by atoms with Crippen molar-refractivity contribution < 1.29 is 14.3 Å². The van der Waals surface area contributed by atoms with Crippen molar-refractivity contribution in [1.29, 1.82) is 0 Å². The molecule has 0 unspecified atom stereocenters. The third-order valence-corrected chi connectivity index (χ3v) is 4.92. The third kappa shape index (κ3) is 5.42. The van der Waals surface area contributed by atoms with Crippen LogP contribution in [0.4, 0.5) is 0 Å². The van der Waals surface area contributed by atoms with Gasteiger partial charge in [-0.15, -0.1) is 0 Å². The Morgan fingerprint density at radius 2 is 1.75 bits per heavy atom. The molecule has 162 valence electrons. The minimum Gasteiger partial charge on any atom is -0.489 e. The second-order valence-corrected chi connectivity index (χ2v) is 7.25. The van der Waals surface area contributed by atoms with E-state index >= 15 is 0 Å². The Morgan fingerprint density at radius 1 is 1.00 bits per heavy atom. The van der Waals surface area contributed by atoms with Gasteiger partial charge in [0, 0.05) is 13.7 Å². The zero-order valence-electron chi connectivity index (χ0n) is 17.9. The number of nitrogens with zero attached hydrogens (tertiary/aromatic N) is 1. The van der Waals surface area contributed by atoms with Gasteiger partial charge in [-0.2, -0.15) is 0 Å². The maximum absolute atomic E-state index is 12.9. The molecule has 1 heterocycles. The summed E-state index contributed by atoms with van der Waals surface area (Å²) in [5.74, 6) is 1.07. The van der Waals surface area contributed by atoms with Crippen LogP contribution in [0.2, 0.25) is 0 Å². The van der Waals surface area contributed by atoms with Crippen LogP contribution in [0.25, 0.3) is 22.7 Å². The second kappa shape index (κ2) is 10.4. The van der Waals surface area contributed by atoms with E-state index in [-0.39, 0.29) is 5.91 Å². The van der Waals surface area contributed by atoms with Crippen LogP contribution in [0.3, 0.4) is 0 Å². The number of nitrogens with one attached hydrogen (secondary N) is 2. The van der Waals surface area contributed by atoms with E-state index < -0.39 is 0 Å². The Balaban J connectivity index is 1.55. The third-order valence-electron chi connectivity index (χ3n) is 4.92. The molecule has 32 heavy (non-hydrogen) atoms. The number of para-hydroxylation sites is 2. The van der Waals surface area contributed by atoms with E-state index in [1.807, 2.05) is 84.9 Å². The summed E-state index contributed by atoms with van der Waals surface area (Å²) in [7, 11) is 1.60. The van der Waals surface area contributed by atoms with Crippen LogP contribution in [-0.4, -0.2) is 36.1 Å². The summed E-state index contributed by atoms with van der Waals surface area (Å²) in [5.41, 5.74) is 4.12. The lowest BCUT2D eigenvalue weighted by Crippen LogP contribution is -2.28. The fourth-order valence-corrected chi connectivity index (χ4v) is 3.25. The Labute approximate surface area is 186 Å². The largest absolute Gasteiger partial charge is 0.489 e. The number of carbonyl (C=O) groups excluding carboxylic acids is 1. The molecule has 0 spiro atoms. The molecular formula is C26H25N3O3. The first-order valence-corrected chi connectivity index (χ1v) is 10.4. The Hall–Kier alpha value is -3.90. The van der Waals surface area contributed by atoms with Gasteiger partial charge in [0.25, 0.3) is 5.91 Å². The van der Waals surface area contributed by atoms with Gasteiger partial charge in [-0.25, -0.2) is 4.98 Å². The van der Waals surface area contributed by atoms with E-state index in [9.17, 15) is 4.79 Å². The fraction of sp³-hybridized carbons (Fsp3) is 0.154. The summed E-state index contributed by atoms with van der Waals surface area (Å²) >= 11 is 0. The van der Waals surface area contributed by atoms with Crippen molar-refractivity contribution in [1.82, 2.24) is 15.3 Å². The maximum atomic E-state index is 12.9. The van der Waals surface area contributed by atoms with Crippen molar-refractivity contribution >= 4 is 28.6 Å². The van der Waals surface area contributed by atoms with Gasteiger partial charge in [0.1, 0.15) is 18.2 Å². The van der Waals surface area contributed by atoms with Crippen molar-refractivity contribution in [2.45, 2.75) is 6.61 Å². The molecule has 0 saturated carbocycles. The zero-order chi connectivity index (χ0) is 22.2. The molecular weight excluding hydrogens is 402 g/mol. The quantitative estimate of drug-likeness (QED) is 0.306. The van der Waals surface area contributed by atoms with Gasteiger partial charge >= 0.3 is 0 Å². The lowest BCUT2D eigenvalue weighted by atomic mass is 10.1. The first-order chi connectivity index (χ1) is 15.7. The van der Waals surface area contributed by atoms with Crippen LogP contribution in [0.5, 0.6) is 5.75 Å². The summed E-state index contributed by atoms with van der Waals surface area (Å²) in [6.45, 7) is 1.36. The van der Waals surface area contributed by atoms with E-state index in [4.69, 9.17) is 9.47 Å².